The van der Waals surface area contributed by atoms with Crippen LogP contribution >= 0.6 is 11.6 Å². The Hall–Kier alpha value is -1.41. The normalized spacial score (nSPS) is 10.4. The summed E-state index contributed by atoms with van der Waals surface area (Å²) in [6.45, 7) is -0.662. The standard InChI is InChI=1S/C13H9ClF2/c14-10-5-6-11(9(7-10)8-15)12-3-1-2-4-13(12)16/h1-7H,8H2. The minimum absolute atomic E-state index is 0.362. The predicted molar refractivity (Wildman–Crippen MR) is 61.7 cm³/mol. The lowest BCUT2D eigenvalue weighted by atomic mass is 10.00. The van der Waals surface area contributed by atoms with E-state index in [0.717, 1.165) is 0 Å². The van der Waals surface area contributed by atoms with Crippen LogP contribution < -0.4 is 0 Å². The first-order valence-corrected chi connectivity index (χ1v) is 5.19. The number of halogens is 3. The highest BCUT2D eigenvalue weighted by atomic mass is 35.5. The molecule has 0 heterocycles. The van der Waals surface area contributed by atoms with Gasteiger partial charge in [0.1, 0.15) is 12.5 Å². The van der Waals surface area contributed by atoms with Gasteiger partial charge in [-0.25, -0.2) is 8.78 Å². The third-order valence-corrected chi connectivity index (χ3v) is 2.61. The van der Waals surface area contributed by atoms with Gasteiger partial charge in [-0.05, 0) is 29.3 Å². The van der Waals surface area contributed by atoms with Crippen LogP contribution in [0.2, 0.25) is 5.02 Å². The first-order chi connectivity index (χ1) is 7.72. The minimum Gasteiger partial charge on any atom is -0.246 e. The van der Waals surface area contributed by atoms with E-state index in [0.29, 0.717) is 21.7 Å². The quantitative estimate of drug-likeness (QED) is 0.716. The molecule has 0 atom stereocenters. The fourth-order valence-electron chi connectivity index (χ4n) is 1.62. The molecule has 0 N–H and O–H groups in total. The molecule has 2 rings (SSSR count). The molecule has 2 aromatic rings. The number of alkyl halides is 1. The maximum absolute atomic E-state index is 13.5. The molecule has 16 heavy (non-hydrogen) atoms. The summed E-state index contributed by atoms with van der Waals surface area (Å²) in [5.74, 6) is -0.362. The molecule has 0 unspecified atom stereocenters. The number of hydrogen-bond donors (Lipinski definition) is 0. The zero-order valence-electron chi connectivity index (χ0n) is 8.38. The Bertz CT molecular complexity index is 509. The maximum atomic E-state index is 13.5. The molecule has 0 spiro atoms. The first-order valence-electron chi connectivity index (χ1n) is 4.81. The van der Waals surface area contributed by atoms with Crippen LogP contribution in [0.1, 0.15) is 5.56 Å². The maximum Gasteiger partial charge on any atom is 0.131 e. The smallest absolute Gasteiger partial charge is 0.131 e. The van der Waals surface area contributed by atoms with Gasteiger partial charge in [0.15, 0.2) is 0 Å². The van der Waals surface area contributed by atoms with E-state index in [4.69, 9.17) is 11.6 Å². The van der Waals surface area contributed by atoms with Crippen molar-refractivity contribution in [3.05, 3.63) is 58.9 Å². The van der Waals surface area contributed by atoms with Crippen molar-refractivity contribution < 1.29 is 8.78 Å². The van der Waals surface area contributed by atoms with Gasteiger partial charge in [-0.3, -0.25) is 0 Å². The Labute approximate surface area is 97.5 Å². The second-order valence-electron chi connectivity index (χ2n) is 3.41. The van der Waals surface area contributed by atoms with E-state index in [-0.39, 0.29) is 5.82 Å². The average molecular weight is 239 g/mol. The molecule has 2 aromatic carbocycles. The molecule has 0 fully saturated rings. The van der Waals surface area contributed by atoms with E-state index in [9.17, 15) is 8.78 Å². The van der Waals surface area contributed by atoms with E-state index < -0.39 is 6.67 Å². The molecule has 0 radical (unpaired) electrons. The van der Waals surface area contributed by atoms with Crippen molar-refractivity contribution in [2.45, 2.75) is 6.67 Å². The third kappa shape index (κ3) is 2.07. The molecule has 0 bridgehead atoms. The van der Waals surface area contributed by atoms with E-state index in [1.165, 1.54) is 12.1 Å². The minimum atomic E-state index is -0.662. The van der Waals surface area contributed by atoms with Crippen LogP contribution in [0.4, 0.5) is 8.78 Å². The lowest BCUT2D eigenvalue weighted by Gasteiger charge is -2.08. The number of rotatable bonds is 2. The van der Waals surface area contributed by atoms with Gasteiger partial charge in [-0.15, -0.1) is 0 Å². The average Bonchev–Trinajstić information content (AvgIpc) is 2.30. The predicted octanol–water partition coefficient (Wildman–Crippen LogP) is 4.62. The molecule has 0 aromatic heterocycles. The highest BCUT2D eigenvalue weighted by Crippen LogP contribution is 2.29. The van der Waals surface area contributed by atoms with Crippen LogP contribution in [0.3, 0.4) is 0 Å². The zero-order chi connectivity index (χ0) is 11.5. The van der Waals surface area contributed by atoms with Gasteiger partial charge in [-0.1, -0.05) is 35.9 Å². The van der Waals surface area contributed by atoms with Crippen molar-refractivity contribution in [2.75, 3.05) is 0 Å². The second kappa shape index (κ2) is 4.62. The van der Waals surface area contributed by atoms with Crippen molar-refractivity contribution in [2.24, 2.45) is 0 Å². The molecule has 3 heteroatoms. The summed E-state index contributed by atoms with van der Waals surface area (Å²) in [6, 6.07) is 11.1. The van der Waals surface area contributed by atoms with Crippen LogP contribution in [-0.2, 0) is 6.67 Å². The van der Waals surface area contributed by atoms with Gasteiger partial charge >= 0.3 is 0 Å². The Morgan fingerprint density at radius 3 is 2.44 bits per heavy atom. The van der Waals surface area contributed by atoms with Gasteiger partial charge in [0.05, 0.1) is 0 Å². The molecule has 0 saturated carbocycles. The first kappa shape index (κ1) is 11.1. The van der Waals surface area contributed by atoms with Crippen LogP contribution in [0.5, 0.6) is 0 Å². The molecule has 0 amide bonds. The highest BCUT2D eigenvalue weighted by Gasteiger charge is 2.09. The summed E-state index contributed by atoms with van der Waals surface area (Å²) in [5, 5.41) is 0.452. The van der Waals surface area contributed by atoms with Crippen molar-refractivity contribution in [1.29, 1.82) is 0 Å². The summed E-state index contributed by atoms with van der Waals surface area (Å²) in [4.78, 5) is 0. The van der Waals surface area contributed by atoms with Gasteiger partial charge in [-0.2, -0.15) is 0 Å². The highest BCUT2D eigenvalue weighted by molar-refractivity contribution is 6.30. The van der Waals surface area contributed by atoms with Gasteiger partial charge in [0.25, 0.3) is 0 Å². The van der Waals surface area contributed by atoms with E-state index in [1.54, 1.807) is 30.3 Å². The van der Waals surface area contributed by atoms with E-state index in [2.05, 4.69) is 0 Å². The zero-order valence-corrected chi connectivity index (χ0v) is 9.14. The summed E-state index contributed by atoms with van der Waals surface area (Å²) in [6.07, 6.45) is 0. The van der Waals surface area contributed by atoms with Gasteiger partial charge < -0.3 is 0 Å². The molecule has 0 saturated heterocycles. The Morgan fingerprint density at radius 2 is 1.75 bits per heavy atom. The molecule has 0 nitrogen and oxygen atoms in total. The second-order valence-corrected chi connectivity index (χ2v) is 3.85. The Morgan fingerprint density at radius 1 is 1.00 bits per heavy atom. The Balaban J connectivity index is 2.60. The fraction of sp³-hybridized carbons (Fsp3) is 0.0769. The van der Waals surface area contributed by atoms with Crippen LogP contribution in [0, 0.1) is 5.82 Å². The third-order valence-electron chi connectivity index (χ3n) is 2.38. The fourth-order valence-corrected chi connectivity index (χ4v) is 1.81. The Kier molecular flexibility index (Phi) is 3.20. The van der Waals surface area contributed by atoms with Crippen molar-refractivity contribution in [3.8, 4) is 11.1 Å². The molecule has 0 aliphatic carbocycles. The van der Waals surface area contributed by atoms with Crippen LogP contribution in [0.25, 0.3) is 11.1 Å². The number of benzene rings is 2. The SMILES string of the molecule is FCc1cc(Cl)ccc1-c1ccccc1F. The van der Waals surface area contributed by atoms with Crippen LogP contribution in [0.15, 0.2) is 42.5 Å². The summed E-state index contributed by atoms with van der Waals surface area (Å²) in [7, 11) is 0. The van der Waals surface area contributed by atoms with Crippen molar-refractivity contribution in [1.82, 2.24) is 0 Å². The molecular weight excluding hydrogens is 230 g/mol. The summed E-state index contributed by atoms with van der Waals surface area (Å²) in [5.41, 5.74) is 1.34. The number of hydrogen-bond acceptors (Lipinski definition) is 0. The van der Waals surface area contributed by atoms with Gasteiger partial charge in [0, 0.05) is 10.6 Å². The van der Waals surface area contributed by atoms with Crippen molar-refractivity contribution >= 4 is 11.6 Å². The topological polar surface area (TPSA) is 0 Å². The summed E-state index contributed by atoms with van der Waals surface area (Å²) < 4.78 is 26.3. The van der Waals surface area contributed by atoms with E-state index >= 15 is 0 Å². The molecule has 0 aliphatic heterocycles. The monoisotopic (exact) mass is 238 g/mol. The molecular formula is C13H9ClF2. The largest absolute Gasteiger partial charge is 0.246 e. The summed E-state index contributed by atoms with van der Waals surface area (Å²) >= 11 is 5.76. The van der Waals surface area contributed by atoms with E-state index in [1.807, 2.05) is 0 Å². The van der Waals surface area contributed by atoms with Crippen LogP contribution in [-0.4, -0.2) is 0 Å². The lowest BCUT2D eigenvalue weighted by molar-refractivity contribution is 0.486. The van der Waals surface area contributed by atoms with Gasteiger partial charge in [0.2, 0.25) is 0 Å². The molecule has 0 aliphatic rings. The lowest BCUT2D eigenvalue weighted by Crippen LogP contribution is -1.89. The van der Waals surface area contributed by atoms with Crippen molar-refractivity contribution in [3.63, 3.8) is 0 Å². The molecule has 82 valence electrons.